The number of hydrogen-bond donors (Lipinski definition) is 4. The molecule has 7 heteroatoms. The SMILES string of the molecule is CNC(COCCCO)(COCCCO)COCCCO. The first-order valence-corrected chi connectivity index (χ1v) is 7.49. The van der Waals surface area contributed by atoms with Crippen molar-refractivity contribution in [3.63, 3.8) is 0 Å². The van der Waals surface area contributed by atoms with E-state index in [0.29, 0.717) is 58.9 Å². The van der Waals surface area contributed by atoms with Gasteiger partial charge in [0.15, 0.2) is 0 Å². The molecule has 0 fully saturated rings. The maximum absolute atomic E-state index is 8.76. The summed E-state index contributed by atoms with van der Waals surface area (Å²) in [5.41, 5.74) is -0.472. The second-order valence-electron chi connectivity index (χ2n) is 4.92. The minimum absolute atomic E-state index is 0.104. The third-order valence-corrected chi connectivity index (χ3v) is 3.01. The fourth-order valence-corrected chi connectivity index (χ4v) is 1.64. The van der Waals surface area contributed by atoms with Gasteiger partial charge in [0.25, 0.3) is 0 Å². The van der Waals surface area contributed by atoms with E-state index in [1.165, 1.54) is 0 Å². The van der Waals surface area contributed by atoms with Crippen molar-refractivity contribution in [1.82, 2.24) is 5.32 Å². The molecule has 0 saturated heterocycles. The van der Waals surface area contributed by atoms with Crippen LogP contribution >= 0.6 is 0 Å². The van der Waals surface area contributed by atoms with Gasteiger partial charge < -0.3 is 34.8 Å². The van der Waals surface area contributed by atoms with E-state index in [0.717, 1.165) is 0 Å². The van der Waals surface area contributed by atoms with Crippen molar-refractivity contribution >= 4 is 0 Å². The van der Waals surface area contributed by atoms with Crippen LogP contribution in [0.2, 0.25) is 0 Å². The summed E-state index contributed by atoms with van der Waals surface area (Å²) in [5, 5.41) is 29.5. The van der Waals surface area contributed by atoms with Gasteiger partial charge in [0.05, 0.1) is 25.4 Å². The maximum atomic E-state index is 8.76. The molecule has 0 saturated carbocycles. The molecule has 0 aromatic carbocycles. The van der Waals surface area contributed by atoms with E-state index in [9.17, 15) is 0 Å². The lowest BCUT2D eigenvalue weighted by atomic mass is 10.0. The predicted molar refractivity (Wildman–Crippen MR) is 79.4 cm³/mol. The van der Waals surface area contributed by atoms with Crippen LogP contribution in [0, 0.1) is 0 Å². The van der Waals surface area contributed by atoms with E-state index in [2.05, 4.69) is 5.32 Å². The van der Waals surface area contributed by atoms with Crippen molar-refractivity contribution in [3.05, 3.63) is 0 Å². The highest BCUT2D eigenvalue weighted by Gasteiger charge is 2.29. The van der Waals surface area contributed by atoms with Crippen LogP contribution in [0.1, 0.15) is 19.3 Å². The third-order valence-electron chi connectivity index (χ3n) is 3.01. The van der Waals surface area contributed by atoms with Gasteiger partial charge in [-0.1, -0.05) is 0 Å². The number of ether oxygens (including phenoxy) is 3. The Hall–Kier alpha value is -0.280. The van der Waals surface area contributed by atoms with Crippen molar-refractivity contribution < 1.29 is 29.5 Å². The second-order valence-corrected chi connectivity index (χ2v) is 4.92. The van der Waals surface area contributed by atoms with Crippen LogP contribution in [-0.4, -0.2) is 87.4 Å². The van der Waals surface area contributed by atoms with E-state index in [-0.39, 0.29) is 19.8 Å². The Morgan fingerprint density at radius 1 is 0.714 bits per heavy atom. The number of aliphatic hydroxyl groups is 3. The first-order valence-electron chi connectivity index (χ1n) is 7.49. The molecule has 0 unspecified atom stereocenters. The minimum atomic E-state index is -0.472. The zero-order valence-electron chi connectivity index (χ0n) is 13.1. The fourth-order valence-electron chi connectivity index (χ4n) is 1.64. The number of nitrogens with one attached hydrogen (secondary N) is 1. The van der Waals surface area contributed by atoms with Gasteiger partial charge in [0, 0.05) is 39.6 Å². The van der Waals surface area contributed by atoms with Crippen molar-refractivity contribution in [2.24, 2.45) is 0 Å². The molecule has 0 radical (unpaired) electrons. The Morgan fingerprint density at radius 3 is 1.29 bits per heavy atom. The van der Waals surface area contributed by atoms with Crippen molar-refractivity contribution in [2.75, 3.05) is 66.5 Å². The average Bonchev–Trinajstić information content (AvgIpc) is 2.51. The maximum Gasteiger partial charge on any atom is 0.0887 e. The van der Waals surface area contributed by atoms with E-state index in [1.54, 1.807) is 0 Å². The van der Waals surface area contributed by atoms with Crippen LogP contribution in [0.4, 0.5) is 0 Å². The van der Waals surface area contributed by atoms with E-state index >= 15 is 0 Å². The summed E-state index contributed by atoms with van der Waals surface area (Å²) in [6, 6.07) is 0. The lowest BCUT2D eigenvalue weighted by Crippen LogP contribution is -2.55. The van der Waals surface area contributed by atoms with Gasteiger partial charge in [0.1, 0.15) is 0 Å². The molecule has 0 spiro atoms. The molecule has 21 heavy (non-hydrogen) atoms. The Balaban J connectivity index is 4.22. The van der Waals surface area contributed by atoms with Crippen molar-refractivity contribution in [2.45, 2.75) is 24.8 Å². The number of aliphatic hydroxyl groups excluding tert-OH is 3. The summed E-state index contributed by atoms with van der Waals surface area (Å²) in [5.74, 6) is 0. The van der Waals surface area contributed by atoms with Crippen LogP contribution in [0.15, 0.2) is 0 Å². The predicted octanol–water partition coefficient (Wildman–Crippen LogP) is -0.858. The third kappa shape index (κ3) is 11.0. The molecule has 0 amide bonds. The zero-order valence-corrected chi connectivity index (χ0v) is 13.1. The van der Waals surface area contributed by atoms with E-state index in [1.807, 2.05) is 7.05 Å². The molecule has 0 aliphatic heterocycles. The van der Waals surface area contributed by atoms with Gasteiger partial charge >= 0.3 is 0 Å². The highest BCUT2D eigenvalue weighted by molar-refractivity contribution is 4.87. The number of hydrogen-bond acceptors (Lipinski definition) is 7. The Labute approximate surface area is 127 Å². The van der Waals surface area contributed by atoms with Crippen LogP contribution in [0.5, 0.6) is 0 Å². The Kier molecular flexibility index (Phi) is 14.5. The smallest absolute Gasteiger partial charge is 0.0887 e. The molecule has 128 valence electrons. The average molecular weight is 309 g/mol. The molecule has 0 atom stereocenters. The van der Waals surface area contributed by atoms with Gasteiger partial charge in [-0.15, -0.1) is 0 Å². The first-order chi connectivity index (χ1) is 10.2. The summed E-state index contributed by atoms with van der Waals surface area (Å²) in [6.45, 7) is 2.96. The molecule has 0 bridgehead atoms. The molecule has 0 aromatic rings. The van der Waals surface area contributed by atoms with Gasteiger partial charge in [-0.3, -0.25) is 0 Å². The monoisotopic (exact) mass is 309 g/mol. The van der Waals surface area contributed by atoms with E-state index < -0.39 is 5.54 Å². The molecule has 0 aliphatic rings. The summed E-state index contributed by atoms with van der Waals surface area (Å²) in [7, 11) is 1.82. The number of rotatable bonds is 16. The van der Waals surface area contributed by atoms with Gasteiger partial charge in [-0.05, 0) is 26.3 Å². The molecule has 0 aliphatic carbocycles. The molecule has 0 aromatic heterocycles. The summed E-state index contributed by atoms with van der Waals surface area (Å²) in [6.07, 6.45) is 1.78. The van der Waals surface area contributed by atoms with E-state index in [4.69, 9.17) is 29.5 Å². The molecule has 7 nitrogen and oxygen atoms in total. The lowest BCUT2D eigenvalue weighted by Gasteiger charge is -2.33. The fraction of sp³-hybridized carbons (Fsp3) is 1.00. The lowest BCUT2D eigenvalue weighted by molar-refractivity contribution is -0.0411. The topological polar surface area (TPSA) is 100 Å². The quantitative estimate of drug-likeness (QED) is 0.275. The molecule has 4 N–H and O–H groups in total. The molecule has 0 heterocycles. The highest BCUT2D eigenvalue weighted by atomic mass is 16.5. The van der Waals surface area contributed by atoms with Crippen LogP contribution < -0.4 is 5.32 Å². The Bertz CT molecular complexity index is 186. The van der Waals surface area contributed by atoms with Crippen LogP contribution in [0.25, 0.3) is 0 Å². The molecule has 0 rings (SSSR count). The van der Waals surface area contributed by atoms with Gasteiger partial charge in [-0.25, -0.2) is 0 Å². The van der Waals surface area contributed by atoms with Crippen molar-refractivity contribution in [3.8, 4) is 0 Å². The standard InChI is InChI=1S/C14H31NO6/c1-15-14(11-19-8-2-5-16,12-20-9-3-6-17)13-21-10-4-7-18/h15-18H,2-13H2,1H3. The molecular weight excluding hydrogens is 278 g/mol. The normalized spacial score (nSPS) is 12.0. The zero-order chi connectivity index (χ0) is 15.8. The summed E-state index contributed by atoms with van der Waals surface area (Å²) in [4.78, 5) is 0. The van der Waals surface area contributed by atoms with Crippen LogP contribution in [0.3, 0.4) is 0 Å². The van der Waals surface area contributed by atoms with Gasteiger partial charge in [0.2, 0.25) is 0 Å². The largest absolute Gasteiger partial charge is 0.396 e. The minimum Gasteiger partial charge on any atom is -0.396 e. The Morgan fingerprint density at radius 2 is 1.05 bits per heavy atom. The number of likely N-dealkylation sites (N-methyl/N-ethyl adjacent to an activating group) is 1. The summed E-state index contributed by atoms with van der Waals surface area (Å²) < 4.78 is 16.7. The van der Waals surface area contributed by atoms with Crippen LogP contribution in [-0.2, 0) is 14.2 Å². The highest BCUT2D eigenvalue weighted by Crippen LogP contribution is 2.09. The molecular formula is C14H31NO6. The van der Waals surface area contributed by atoms with Gasteiger partial charge in [-0.2, -0.15) is 0 Å². The first kappa shape index (κ1) is 20.7. The second kappa shape index (κ2) is 14.6. The summed E-state index contributed by atoms with van der Waals surface area (Å²) >= 11 is 0. The van der Waals surface area contributed by atoms with Crippen molar-refractivity contribution in [1.29, 1.82) is 0 Å².